The Morgan fingerprint density at radius 1 is 1.19 bits per heavy atom. The fourth-order valence-corrected chi connectivity index (χ4v) is 4.61. The summed E-state index contributed by atoms with van der Waals surface area (Å²) in [5.74, 6) is 1.06. The van der Waals surface area contributed by atoms with Gasteiger partial charge in [0.25, 0.3) is 5.91 Å². The maximum absolute atomic E-state index is 12.5. The standard InChI is InChI=1S/C25H30IN3O3/c1-7-10-29-21-13-22(31-5)18(11-19(21)16(2)14-25(29,3)4)15-27-28-24(30)17-8-9-20(26)23(12-17)32-6/h8-9,11-15H,7,10H2,1-6H3,(H,28,30)/b27-15+. The molecule has 0 spiro atoms. The third-order valence-corrected chi connectivity index (χ3v) is 6.45. The molecule has 0 saturated heterocycles. The second-order valence-corrected chi connectivity index (χ2v) is 9.45. The van der Waals surface area contributed by atoms with E-state index in [4.69, 9.17) is 9.47 Å². The van der Waals surface area contributed by atoms with Crippen molar-refractivity contribution in [3.63, 3.8) is 0 Å². The normalized spacial score (nSPS) is 14.7. The SMILES string of the molecule is CCCN1c2cc(OC)c(/C=N/NC(=O)c3ccc(I)c(OC)c3)cc2C(C)=CC1(C)C. The van der Waals surface area contributed by atoms with Crippen LogP contribution in [0.1, 0.15) is 55.6 Å². The van der Waals surface area contributed by atoms with Gasteiger partial charge in [0.2, 0.25) is 0 Å². The minimum atomic E-state index is -0.306. The summed E-state index contributed by atoms with van der Waals surface area (Å²) < 4.78 is 11.9. The lowest BCUT2D eigenvalue weighted by Gasteiger charge is -2.43. The number of nitrogens with one attached hydrogen (secondary N) is 1. The number of carbonyl (C=O) groups excluding carboxylic acids is 1. The number of hydrazone groups is 1. The quantitative estimate of drug-likeness (QED) is 0.283. The van der Waals surface area contributed by atoms with Crippen LogP contribution < -0.4 is 19.8 Å². The lowest BCUT2D eigenvalue weighted by molar-refractivity contribution is 0.0954. The molecule has 0 saturated carbocycles. The van der Waals surface area contributed by atoms with Crippen LogP contribution in [0, 0.1) is 3.57 Å². The van der Waals surface area contributed by atoms with Crippen molar-refractivity contribution in [3.05, 3.63) is 56.7 Å². The highest BCUT2D eigenvalue weighted by Crippen LogP contribution is 2.41. The zero-order chi connectivity index (χ0) is 23.5. The van der Waals surface area contributed by atoms with Crippen LogP contribution in [0.15, 0.2) is 41.5 Å². The molecule has 1 N–H and O–H groups in total. The molecule has 1 amide bonds. The number of anilines is 1. The van der Waals surface area contributed by atoms with E-state index in [0.29, 0.717) is 17.1 Å². The number of methoxy groups -OCH3 is 2. The predicted octanol–water partition coefficient (Wildman–Crippen LogP) is 5.48. The fraction of sp³-hybridized carbons (Fsp3) is 0.360. The van der Waals surface area contributed by atoms with Crippen molar-refractivity contribution in [1.29, 1.82) is 0 Å². The van der Waals surface area contributed by atoms with Gasteiger partial charge in [-0.05, 0) is 79.6 Å². The van der Waals surface area contributed by atoms with Gasteiger partial charge in [-0.15, -0.1) is 0 Å². The predicted molar refractivity (Wildman–Crippen MR) is 139 cm³/mol. The van der Waals surface area contributed by atoms with Crippen molar-refractivity contribution in [3.8, 4) is 11.5 Å². The molecule has 0 atom stereocenters. The van der Waals surface area contributed by atoms with Crippen molar-refractivity contribution in [2.45, 2.75) is 39.7 Å². The van der Waals surface area contributed by atoms with Gasteiger partial charge in [-0.1, -0.05) is 13.0 Å². The Kier molecular flexibility index (Phi) is 7.48. The number of hydrogen-bond donors (Lipinski definition) is 1. The molecule has 32 heavy (non-hydrogen) atoms. The number of fused-ring (bicyclic) bond motifs is 1. The molecule has 2 aromatic carbocycles. The van der Waals surface area contributed by atoms with Crippen molar-refractivity contribution < 1.29 is 14.3 Å². The van der Waals surface area contributed by atoms with Gasteiger partial charge >= 0.3 is 0 Å². The smallest absolute Gasteiger partial charge is 0.271 e. The average molecular weight is 547 g/mol. The molecule has 7 heteroatoms. The molecule has 0 aliphatic carbocycles. The van der Waals surface area contributed by atoms with E-state index >= 15 is 0 Å². The third kappa shape index (κ3) is 4.92. The Bertz CT molecular complexity index is 1080. The van der Waals surface area contributed by atoms with Crippen LogP contribution >= 0.6 is 22.6 Å². The second-order valence-electron chi connectivity index (χ2n) is 8.29. The van der Waals surface area contributed by atoms with E-state index in [-0.39, 0.29) is 11.4 Å². The third-order valence-electron chi connectivity index (χ3n) is 5.56. The number of nitrogens with zero attached hydrogens (tertiary/aromatic N) is 2. The summed E-state index contributed by atoms with van der Waals surface area (Å²) in [7, 11) is 3.23. The highest BCUT2D eigenvalue weighted by molar-refractivity contribution is 14.1. The van der Waals surface area contributed by atoms with Crippen LogP contribution in [0.25, 0.3) is 5.57 Å². The molecular formula is C25H30IN3O3. The summed E-state index contributed by atoms with van der Waals surface area (Å²) in [5, 5.41) is 4.18. The largest absolute Gasteiger partial charge is 0.496 e. The number of allylic oxidation sites excluding steroid dienone is 1. The van der Waals surface area contributed by atoms with Crippen LogP contribution in [0.5, 0.6) is 11.5 Å². The van der Waals surface area contributed by atoms with E-state index in [1.165, 1.54) is 5.57 Å². The van der Waals surface area contributed by atoms with Gasteiger partial charge in [-0.25, -0.2) is 5.43 Å². The summed E-state index contributed by atoms with van der Waals surface area (Å²) in [5.41, 5.74) is 7.32. The van der Waals surface area contributed by atoms with Gasteiger partial charge in [0.1, 0.15) is 11.5 Å². The van der Waals surface area contributed by atoms with Crippen LogP contribution in [0.3, 0.4) is 0 Å². The number of halogens is 1. The van der Waals surface area contributed by atoms with Gasteiger partial charge in [0, 0.05) is 35.0 Å². The van der Waals surface area contributed by atoms with Gasteiger partial charge < -0.3 is 14.4 Å². The first-order valence-corrected chi connectivity index (χ1v) is 11.7. The van der Waals surface area contributed by atoms with Gasteiger partial charge in [-0.2, -0.15) is 5.10 Å². The molecule has 170 valence electrons. The zero-order valence-electron chi connectivity index (χ0n) is 19.5. The molecule has 0 bridgehead atoms. The summed E-state index contributed by atoms with van der Waals surface area (Å²) in [6, 6.07) is 9.41. The van der Waals surface area contributed by atoms with E-state index in [9.17, 15) is 4.79 Å². The molecule has 0 fully saturated rings. The Balaban J connectivity index is 1.88. The van der Waals surface area contributed by atoms with Crippen LogP contribution in [-0.4, -0.2) is 38.4 Å². The van der Waals surface area contributed by atoms with Gasteiger partial charge in [0.15, 0.2) is 0 Å². The maximum atomic E-state index is 12.5. The molecule has 0 aromatic heterocycles. The van der Waals surface area contributed by atoms with Crippen molar-refractivity contribution in [2.24, 2.45) is 5.10 Å². The number of ether oxygens (including phenoxy) is 2. The number of rotatable bonds is 7. The number of benzene rings is 2. The monoisotopic (exact) mass is 547 g/mol. The molecule has 6 nitrogen and oxygen atoms in total. The van der Waals surface area contributed by atoms with E-state index in [2.05, 4.69) is 83.9 Å². The van der Waals surface area contributed by atoms with E-state index in [1.807, 2.05) is 6.07 Å². The van der Waals surface area contributed by atoms with E-state index in [0.717, 1.165) is 33.4 Å². The van der Waals surface area contributed by atoms with Crippen LogP contribution in [0.2, 0.25) is 0 Å². The van der Waals surface area contributed by atoms with Crippen LogP contribution in [-0.2, 0) is 0 Å². The Morgan fingerprint density at radius 3 is 2.56 bits per heavy atom. The lowest BCUT2D eigenvalue weighted by atomic mass is 9.87. The first-order chi connectivity index (χ1) is 15.2. The second kappa shape index (κ2) is 9.94. The molecular weight excluding hydrogens is 517 g/mol. The highest BCUT2D eigenvalue weighted by atomic mass is 127. The fourth-order valence-electron chi connectivity index (χ4n) is 4.06. The van der Waals surface area contributed by atoms with Crippen LogP contribution in [0.4, 0.5) is 5.69 Å². The molecule has 0 radical (unpaired) electrons. The Morgan fingerprint density at radius 2 is 1.91 bits per heavy atom. The molecule has 1 aliphatic heterocycles. The minimum Gasteiger partial charge on any atom is -0.496 e. The molecule has 1 heterocycles. The lowest BCUT2D eigenvalue weighted by Crippen LogP contribution is -2.45. The zero-order valence-corrected chi connectivity index (χ0v) is 21.6. The average Bonchev–Trinajstić information content (AvgIpc) is 2.76. The van der Waals surface area contributed by atoms with Crippen molar-refractivity contribution >= 4 is 46.0 Å². The van der Waals surface area contributed by atoms with Crippen molar-refractivity contribution in [1.82, 2.24) is 5.43 Å². The summed E-state index contributed by atoms with van der Waals surface area (Å²) in [6.45, 7) is 9.72. The summed E-state index contributed by atoms with van der Waals surface area (Å²) >= 11 is 2.16. The first kappa shape index (κ1) is 24.1. The molecule has 2 aromatic rings. The molecule has 0 unspecified atom stereocenters. The van der Waals surface area contributed by atoms with Gasteiger partial charge in [-0.3, -0.25) is 4.79 Å². The van der Waals surface area contributed by atoms with Gasteiger partial charge in [0.05, 0.1) is 29.5 Å². The Hall–Kier alpha value is -2.55. The number of amides is 1. The minimum absolute atomic E-state index is 0.0732. The Labute approximate surface area is 203 Å². The summed E-state index contributed by atoms with van der Waals surface area (Å²) in [4.78, 5) is 14.9. The molecule has 1 aliphatic rings. The number of hydrogen-bond acceptors (Lipinski definition) is 5. The summed E-state index contributed by atoms with van der Waals surface area (Å²) in [6.07, 6.45) is 4.97. The maximum Gasteiger partial charge on any atom is 0.271 e. The van der Waals surface area contributed by atoms with Crippen molar-refractivity contribution in [2.75, 3.05) is 25.7 Å². The highest BCUT2D eigenvalue weighted by Gasteiger charge is 2.31. The first-order valence-electron chi connectivity index (χ1n) is 10.6. The topological polar surface area (TPSA) is 63.2 Å². The number of carbonyl (C=O) groups is 1. The molecule has 3 rings (SSSR count). The van der Waals surface area contributed by atoms with E-state index < -0.39 is 0 Å². The van der Waals surface area contributed by atoms with E-state index in [1.54, 1.807) is 32.6 Å².